The molecule has 61 heavy (non-hydrogen) atoms. The summed E-state index contributed by atoms with van der Waals surface area (Å²) in [7, 11) is 3.12. The third-order valence-corrected chi connectivity index (χ3v) is 9.31. The number of aromatic nitrogens is 2. The second kappa shape index (κ2) is 30.0. The number of rotatable bonds is 12. The molecule has 2 fully saturated rings. The maximum Gasteiger partial charge on any atom is 0.318 e. The van der Waals surface area contributed by atoms with Gasteiger partial charge in [-0.05, 0) is 72.8 Å². The molecule has 2 aromatic heterocycles. The number of urea groups is 2. The van der Waals surface area contributed by atoms with Gasteiger partial charge in [0.05, 0.1) is 0 Å². The maximum atomic E-state index is 12.2. The number of pyridine rings is 2. The van der Waals surface area contributed by atoms with Crippen molar-refractivity contribution < 1.29 is 24.7 Å². The number of amides is 6. The summed E-state index contributed by atoms with van der Waals surface area (Å²) in [6.07, 6.45) is 4.52. The number of anilines is 6. The van der Waals surface area contributed by atoms with Gasteiger partial charge in [0, 0.05) is 128 Å². The second-order valence-corrected chi connectivity index (χ2v) is 13.2. The number of hydrogen-bond donors (Lipinski definition) is 6. The Morgan fingerprint density at radius 1 is 0.475 bits per heavy atom. The Labute approximate surface area is 382 Å². The summed E-state index contributed by atoms with van der Waals surface area (Å²) in [5.41, 5.74) is 2.77. The number of halogens is 4. The fourth-order valence-corrected chi connectivity index (χ4v) is 6.11. The number of benzene rings is 2. The van der Waals surface area contributed by atoms with E-state index in [-0.39, 0.29) is 79.0 Å². The predicted octanol–water partition coefficient (Wildman–Crippen LogP) is 4.83. The molecule has 4 aromatic rings. The van der Waals surface area contributed by atoms with Gasteiger partial charge in [-0.25, -0.2) is 19.6 Å². The van der Waals surface area contributed by atoms with Gasteiger partial charge in [-0.2, -0.15) is 0 Å². The first-order valence-electron chi connectivity index (χ1n) is 18.8. The van der Waals surface area contributed by atoms with Crippen LogP contribution in [0.5, 0.6) is 0 Å². The lowest BCUT2D eigenvalue weighted by atomic mass is 10.2. The minimum atomic E-state index is -0.278. The Kier molecular flexibility index (Phi) is 27.5. The van der Waals surface area contributed by atoms with Crippen molar-refractivity contribution >= 4 is 108 Å². The van der Waals surface area contributed by atoms with Crippen LogP contribution in [0, 0.1) is 0 Å². The smallest absolute Gasteiger partial charge is 0.318 e. The first-order valence-corrected chi connectivity index (χ1v) is 18.8. The molecule has 2 saturated heterocycles. The molecule has 17 nitrogen and oxygen atoms in total. The monoisotopic (exact) mass is 926 g/mol. The summed E-state index contributed by atoms with van der Waals surface area (Å²) in [6.45, 7) is 8.81. The van der Waals surface area contributed by atoms with Crippen LogP contribution < -0.4 is 41.7 Å². The van der Waals surface area contributed by atoms with Gasteiger partial charge >= 0.3 is 12.1 Å². The van der Waals surface area contributed by atoms with Gasteiger partial charge < -0.3 is 47.2 Å². The number of piperazine rings is 2. The molecule has 0 atom stereocenters. The molecule has 0 bridgehead atoms. The molecular weight excluding hydrogens is 870 g/mol. The molecule has 0 radical (unpaired) electrons. The lowest BCUT2D eigenvalue weighted by molar-refractivity contribution is -0.117. The van der Waals surface area contributed by atoms with Crippen LogP contribution in [0.2, 0.25) is 0 Å². The molecule has 6 amide bonds. The van der Waals surface area contributed by atoms with Crippen LogP contribution in [0.1, 0.15) is 12.8 Å². The zero-order valence-corrected chi connectivity index (χ0v) is 37.4. The molecule has 0 spiro atoms. The average molecular weight is 929 g/mol. The maximum absolute atomic E-state index is 12.2. The van der Waals surface area contributed by atoms with E-state index in [2.05, 4.69) is 61.5 Å². The molecule has 21 heteroatoms. The van der Waals surface area contributed by atoms with Crippen molar-refractivity contribution in [2.45, 2.75) is 12.8 Å². The van der Waals surface area contributed by atoms with Crippen LogP contribution in [0.25, 0.3) is 0 Å². The first-order chi connectivity index (χ1) is 27.3. The summed E-state index contributed by atoms with van der Waals surface area (Å²) >= 11 is 0. The van der Waals surface area contributed by atoms with Gasteiger partial charge in [0.15, 0.2) is 0 Å². The van der Waals surface area contributed by atoms with Crippen molar-refractivity contribution in [2.75, 3.05) is 111 Å². The molecule has 6 rings (SSSR count). The van der Waals surface area contributed by atoms with Crippen LogP contribution in [0.3, 0.4) is 0 Å². The van der Waals surface area contributed by atoms with Crippen LogP contribution >= 0.6 is 49.6 Å². The molecule has 4 heterocycles. The summed E-state index contributed by atoms with van der Waals surface area (Å²) < 4.78 is 0. The van der Waals surface area contributed by atoms with Crippen molar-refractivity contribution in [1.29, 1.82) is 0 Å². The van der Waals surface area contributed by atoms with Gasteiger partial charge in [-0.3, -0.25) is 19.4 Å². The molecule has 2 aliphatic rings. The quantitative estimate of drug-likeness (QED) is 0.114. The third-order valence-electron chi connectivity index (χ3n) is 9.31. The number of carbonyl (C=O) groups excluding carboxylic acids is 4. The summed E-state index contributed by atoms with van der Waals surface area (Å²) in [4.78, 5) is 64.9. The fourth-order valence-electron chi connectivity index (χ4n) is 6.11. The Morgan fingerprint density at radius 3 is 1.07 bits per heavy atom. The molecular formula is C40H58Cl4N12O5. The molecule has 2 aromatic carbocycles. The molecule has 0 aliphatic carbocycles. The highest BCUT2D eigenvalue weighted by atomic mass is 35.5. The minimum absolute atomic E-state index is 0. The fraction of sp³-hybridized carbons (Fsp3) is 0.350. The standard InChI is InChI=1S/2C20H26N6O2.4ClH.H2O/c2*1-21-20(28)24-17-7-5-16(6-8-17)23-19(27)9-11-25-12-14-26(15-13-25)18-4-2-3-10-22-18;;;;;/h2*2-8,10H,9,11-15H2,1H3,(H,23,27)(H2,21,24,28);4*1H;1H2. The predicted molar refractivity (Wildman–Crippen MR) is 254 cm³/mol. The van der Waals surface area contributed by atoms with Crippen LogP contribution in [0.4, 0.5) is 44.0 Å². The zero-order valence-electron chi connectivity index (χ0n) is 34.2. The van der Waals surface area contributed by atoms with E-state index >= 15 is 0 Å². The van der Waals surface area contributed by atoms with Crippen molar-refractivity contribution in [2.24, 2.45) is 0 Å². The average Bonchev–Trinajstić information content (AvgIpc) is 3.24. The number of nitrogens with one attached hydrogen (secondary N) is 6. The van der Waals surface area contributed by atoms with E-state index in [4.69, 9.17) is 0 Å². The Morgan fingerprint density at radius 2 is 0.787 bits per heavy atom. The molecule has 8 N–H and O–H groups in total. The van der Waals surface area contributed by atoms with E-state index in [1.807, 2.05) is 48.8 Å². The van der Waals surface area contributed by atoms with Crippen molar-refractivity contribution in [1.82, 2.24) is 30.4 Å². The number of carbonyl (C=O) groups is 4. The second-order valence-electron chi connectivity index (χ2n) is 13.2. The van der Waals surface area contributed by atoms with Crippen LogP contribution in [-0.2, 0) is 9.59 Å². The van der Waals surface area contributed by atoms with E-state index < -0.39 is 0 Å². The molecule has 336 valence electrons. The van der Waals surface area contributed by atoms with Crippen LogP contribution in [-0.4, -0.2) is 129 Å². The summed E-state index contributed by atoms with van der Waals surface area (Å²) in [6, 6.07) is 25.4. The highest BCUT2D eigenvalue weighted by Crippen LogP contribution is 2.17. The highest BCUT2D eigenvalue weighted by Gasteiger charge is 2.20. The Hall–Kier alpha value is -5.14. The van der Waals surface area contributed by atoms with Gasteiger partial charge in [-0.15, -0.1) is 49.6 Å². The van der Waals surface area contributed by atoms with Gasteiger partial charge in [0.1, 0.15) is 11.6 Å². The lowest BCUT2D eigenvalue weighted by Crippen LogP contribution is -2.47. The van der Waals surface area contributed by atoms with E-state index in [0.29, 0.717) is 35.6 Å². The molecule has 0 unspecified atom stereocenters. The van der Waals surface area contributed by atoms with E-state index in [0.717, 1.165) is 77.1 Å². The topological polar surface area (TPSA) is 211 Å². The van der Waals surface area contributed by atoms with E-state index in [1.54, 1.807) is 62.6 Å². The minimum Gasteiger partial charge on any atom is -0.412 e. The van der Waals surface area contributed by atoms with Gasteiger partial charge in [0.2, 0.25) is 11.8 Å². The highest BCUT2D eigenvalue weighted by molar-refractivity contribution is 5.93. The first kappa shape index (κ1) is 55.9. The Bertz CT molecular complexity index is 1710. The van der Waals surface area contributed by atoms with Crippen molar-refractivity contribution in [3.05, 3.63) is 97.3 Å². The number of nitrogens with zero attached hydrogens (tertiary/aromatic N) is 6. The normalized spacial score (nSPS) is 13.2. The SMILES string of the molecule is CNC(=O)Nc1ccc(NC(=O)CCN2CCN(c3ccccn3)CC2)cc1.CNC(=O)Nc1ccc(NC(=O)CCN2CCN(c3ccccn3)CC2)cc1.Cl.Cl.Cl.Cl.O. The van der Waals surface area contributed by atoms with Crippen molar-refractivity contribution in [3.63, 3.8) is 0 Å². The van der Waals surface area contributed by atoms with Crippen LogP contribution in [0.15, 0.2) is 97.3 Å². The zero-order chi connectivity index (χ0) is 39.5. The summed E-state index contributed by atoms with van der Waals surface area (Å²) in [5, 5.41) is 16.1. The van der Waals surface area contributed by atoms with Gasteiger partial charge in [-0.1, -0.05) is 12.1 Å². The van der Waals surface area contributed by atoms with Gasteiger partial charge in [0.25, 0.3) is 0 Å². The molecule has 2 aliphatic heterocycles. The number of hydrogen-bond acceptors (Lipinski definition) is 10. The third kappa shape index (κ3) is 19.4. The van der Waals surface area contributed by atoms with E-state index in [1.165, 1.54) is 0 Å². The largest absolute Gasteiger partial charge is 0.412 e. The Balaban J connectivity index is 0.00000109. The van der Waals surface area contributed by atoms with E-state index in [9.17, 15) is 19.2 Å². The molecule has 0 saturated carbocycles. The lowest BCUT2D eigenvalue weighted by Gasteiger charge is -2.35. The van der Waals surface area contributed by atoms with Crippen molar-refractivity contribution in [3.8, 4) is 0 Å². The summed E-state index contributed by atoms with van der Waals surface area (Å²) in [5.74, 6) is 1.99.